The molecule has 9 heteroatoms. The second-order valence-corrected chi connectivity index (χ2v) is 5.53. The zero-order valence-corrected chi connectivity index (χ0v) is 11.0. The minimum atomic E-state index is -1.37. The molecule has 0 bridgehead atoms. The third-order valence-corrected chi connectivity index (χ3v) is 3.43. The Balaban J connectivity index is 4.22. The van der Waals surface area contributed by atoms with Gasteiger partial charge in [-0.1, -0.05) is 0 Å². The highest BCUT2D eigenvalue weighted by molar-refractivity contribution is 7.84. The Morgan fingerprint density at radius 2 is 1.94 bits per heavy atom. The van der Waals surface area contributed by atoms with Crippen LogP contribution in [0.15, 0.2) is 0 Å². The van der Waals surface area contributed by atoms with Crippen molar-refractivity contribution in [2.75, 3.05) is 12.8 Å². The normalized spacial score (nSPS) is 15.2. The number of carboxylic acid groups (broad SMARTS) is 1. The van der Waals surface area contributed by atoms with E-state index in [0.29, 0.717) is 0 Å². The van der Waals surface area contributed by atoms with Gasteiger partial charge in [-0.2, -0.15) is 0 Å². The van der Waals surface area contributed by atoms with Crippen molar-refractivity contribution in [3.8, 4) is 0 Å². The van der Waals surface area contributed by atoms with E-state index >= 15 is 0 Å². The average molecular weight is 279 g/mol. The van der Waals surface area contributed by atoms with Gasteiger partial charge in [-0.25, -0.2) is 9.59 Å². The maximum absolute atomic E-state index is 11.3. The molecule has 0 saturated carbocycles. The topological polar surface area (TPSA) is 139 Å². The molecule has 104 valence electrons. The van der Waals surface area contributed by atoms with Crippen molar-refractivity contribution < 1.29 is 23.7 Å². The predicted octanol–water partition coefficient (Wildman–Crippen LogP) is -1.62. The van der Waals surface area contributed by atoms with Crippen LogP contribution < -0.4 is 16.4 Å². The molecule has 0 aliphatic heterocycles. The van der Waals surface area contributed by atoms with Crippen LogP contribution in [0.3, 0.4) is 0 Å². The van der Waals surface area contributed by atoms with Crippen LogP contribution in [0.1, 0.15) is 13.3 Å². The van der Waals surface area contributed by atoms with Gasteiger partial charge in [0.2, 0.25) is 5.91 Å². The Hall–Kier alpha value is -1.64. The van der Waals surface area contributed by atoms with Gasteiger partial charge in [0.05, 0.1) is 6.42 Å². The van der Waals surface area contributed by atoms with E-state index in [9.17, 15) is 18.6 Å². The summed E-state index contributed by atoms with van der Waals surface area (Å²) in [6.07, 6.45) is 1.01. The van der Waals surface area contributed by atoms with E-state index in [4.69, 9.17) is 10.8 Å². The Morgan fingerprint density at radius 3 is 2.33 bits per heavy atom. The second kappa shape index (κ2) is 7.64. The second-order valence-electron chi connectivity index (χ2n) is 3.72. The first-order valence-corrected chi connectivity index (χ1v) is 6.73. The first-order valence-electron chi connectivity index (χ1n) is 5.11. The zero-order valence-electron chi connectivity index (χ0n) is 10.1. The van der Waals surface area contributed by atoms with Crippen molar-refractivity contribution in [1.82, 2.24) is 10.6 Å². The van der Waals surface area contributed by atoms with Gasteiger partial charge in [-0.05, 0) is 6.92 Å². The molecule has 0 heterocycles. The molecular weight excluding hydrogens is 262 g/mol. The van der Waals surface area contributed by atoms with Crippen LogP contribution in [0, 0.1) is 0 Å². The molecule has 18 heavy (non-hydrogen) atoms. The molecule has 0 aliphatic rings. The number of carboxylic acids is 1. The molecule has 0 aromatic rings. The maximum atomic E-state index is 11.3. The van der Waals surface area contributed by atoms with Crippen molar-refractivity contribution in [2.45, 2.75) is 24.6 Å². The fourth-order valence-corrected chi connectivity index (χ4v) is 1.28. The molecule has 3 unspecified atom stereocenters. The van der Waals surface area contributed by atoms with E-state index in [1.165, 1.54) is 6.26 Å². The monoisotopic (exact) mass is 279 g/mol. The zero-order chi connectivity index (χ0) is 14.3. The molecule has 0 spiro atoms. The summed E-state index contributed by atoms with van der Waals surface area (Å²) in [4.78, 5) is 32.6. The highest BCUT2D eigenvalue weighted by Crippen LogP contribution is 1.93. The van der Waals surface area contributed by atoms with Gasteiger partial charge in [-0.15, -0.1) is 0 Å². The van der Waals surface area contributed by atoms with Gasteiger partial charge in [0, 0.05) is 28.9 Å². The summed E-state index contributed by atoms with van der Waals surface area (Å²) < 4.78 is 11.0. The van der Waals surface area contributed by atoms with E-state index < -0.39 is 41.2 Å². The number of nitrogens with one attached hydrogen (secondary N) is 2. The van der Waals surface area contributed by atoms with E-state index in [2.05, 4.69) is 10.6 Å². The molecule has 0 aliphatic carbocycles. The standard InChI is InChI=1S/C9H17N3O5S/c1-5(18(2)17)4-11-9(16)12-6(8(14)15)3-7(10)13/h5-6H,3-4H2,1-2H3,(H2,10,13)(H,14,15)(H2,11,12,16). The number of hydrogen-bond acceptors (Lipinski definition) is 4. The van der Waals surface area contributed by atoms with Gasteiger partial charge in [0.1, 0.15) is 6.04 Å². The Bertz CT molecular complexity index is 360. The molecule has 3 amide bonds. The third kappa shape index (κ3) is 6.84. The minimum absolute atomic E-state index is 0.137. The largest absolute Gasteiger partial charge is 0.480 e. The molecule has 0 radical (unpaired) electrons. The van der Waals surface area contributed by atoms with E-state index in [-0.39, 0.29) is 11.8 Å². The van der Waals surface area contributed by atoms with Crippen LogP contribution in [0.25, 0.3) is 0 Å². The predicted molar refractivity (Wildman–Crippen MR) is 65.3 cm³/mol. The minimum Gasteiger partial charge on any atom is -0.480 e. The van der Waals surface area contributed by atoms with Gasteiger partial charge >= 0.3 is 12.0 Å². The molecule has 0 fully saturated rings. The SMILES string of the molecule is CC(CNC(=O)NC(CC(N)=O)C(=O)O)S(C)=O. The fourth-order valence-electron chi connectivity index (χ4n) is 0.964. The molecule has 0 aromatic carbocycles. The molecule has 0 aromatic heterocycles. The number of primary amides is 1. The third-order valence-electron chi connectivity index (χ3n) is 2.13. The summed E-state index contributed by atoms with van der Waals surface area (Å²) in [5.74, 6) is -2.18. The lowest BCUT2D eigenvalue weighted by Crippen LogP contribution is -2.49. The van der Waals surface area contributed by atoms with E-state index in [1.54, 1.807) is 6.92 Å². The number of carbonyl (C=O) groups is 3. The summed E-state index contributed by atoms with van der Waals surface area (Å²) in [5.41, 5.74) is 4.85. The number of rotatable bonds is 7. The lowest BCUT2D eigenvalue weighted by atomic mass is 10.2. The van der Waals surface area contributed by atoms with Gasteiger partial charge < -0.3 is 21.5 Å². The number of amides is 3. The van der Waals surface area contributed by atoms with Crippen LogP contribution in [0.5, 0.6) is 0 Å². The van der Waals surface area contributed by atoms with Crippen molar-refractivity contribution in [3.05, 3.63) is 0 Å². The van der Waals surface area contributed by atoms with Crippen LogP contribution in [0.4, 0.5) is 4.79 Å². The first kappa shape index (κ1) is 16.4. The first-order chi connectivity index (χ1) is 8.23. The summed E-state index contributed by atoms with van der Waals surface area (Å²) in [6.45, 7) is 1.81. The lowest BCUT2D eigenvalue weighted by Gasteiger charge is -2.15. The maximum Gasteiger partial charge on any atom is 0.326 e. The lowest BCUT2D eigenvalue weighted by molar-refractivity contribution is -0.140. The number of urea groups is 1. The molecule has 3 atom stereocenters. The van der Waals surface area contributed by atoms with Gasteiger partial charge in [0.25, 0.3) is 0 Å². The molecule has 8 nitrogen and oxygen atoms in total. The van der Waals surface area contributed by atoms with Gasteiger partial charge in [0.15, 0.2) is 0 Å². The van der Waals surface area contributed by atoms with Crippen molar-refractivity contribution >= 4 is 28.7 Å². The molecule has 0 saturated heterocycles. The summed E-state index contributed by atoms with van der Waals surface area (Å²) in [7, 11) is -1.09. The summed E-state index contributed by atoms with van der Waals surface area (Å²) in [5, 5.41) is 12.9. The van der Waals surface area contributed by atoms with Crippen LogP contribution in [0.2, 0.25) is 0 Å². The van der Waals surface area contributed by atoms with Gasteiger partial charge in [-0.3, -0.25) is 9.00 Å². The quantitative estimate of drug-likeness (QED) is 0.443. The number of hydrogen-bond donors (Lipinski definition) is 4. The van der Waals surface area contributed by atoms with Crippen LogP contribution in [-0.4, -0.2) is 51.3 Å². The Morgan fingerprint density at radius 1 is 1.39 bits per heavy atom. The average Bonchev–Trinajstić information content (AvgIpc) is 2.23. The smallest absolute Gasteiger partial charge is 0.326 e. The molecular formula is C9H17N3O5S. The van der Waals surface area contributed by atoms with Crippen LogP contribution >= 0.6 is 0 Å². The molecule has 5 N–H and O–H groups in total. The van der Waals surface area contributed by atoms with Crippen molar-refractivity contribution in [1.29, 1.82) is 0 Å². The van der Waals surface area contributed by atoms with Crippen molar-refractivity contribution in [3.63, 3.8) is 0 Å². The Labute approximate surface area is 107 Å². The Kier molecular flexibility index (Phi) is 6.94. The summed E-state index contributed by atoms with van der Waals surface area (Å²) in [6, 6.07) is -2.12. The fraction of sp³-hybridized carbons (Fsp3) is 0.667. The number of carbonyl (C=O) groups excluding carboxylic acids is 2. The number of nitrogens with two attached hydrogens (primary N) is 1. The number of aliphatic carboxylic acids is 1. The van der Waals surface area contributed by atoms with Crippen LogP contribution in [-0.2, 0) is 20.4 Å². The van der Waals surface area contributed by atoms with E-state index in [0.717, 1.165) is 0 Å². The van der Waals surface area contributed by atoms with Crippen molar-refractivity contribution in [2.24, 2.45) is 5.73 Å². The highest BCUT2D eigenvalue weighted by atomic mass is 32.2. The van der Waals surface area contributed by atoms with E-state index in [1.807, 2.05) is 0 Å². The summed E-state index contributed by atoms with van der Waals surface area (Å²) >= 11 is 0. The molecule has 0 rings (SSSR count). The highest BCUT2D eigenvalue weighted by Gasteiger charge is 2.22.